The third-order valence-electron chi connectivity index (χ3n) is 5.13. The summed E-state index contributed by atoms with van der Waals surface area (Å²) in [6, 6.07) is 16.6. The standard InChI is InChI=1S/C23H28N2O2S/c1-16(2)25(4)15-14-22-17(3)27-23(24-22)20-8-6-18(7-9-20)19-10-12-21(13-11-19)28(5)26/h6-13,16H,14-15H2,1-5H3. The molecule has 0 bridgehead atoms. The molecule has 3 rings (SSSR count). The van der Waals surface area contributed by atoms with Gasteiger partial charge >= 0.3 is 0 Å². The predicted molar refractivity (Wildman–Crippen MR) is 116 cm³/mol. The van der Waals surface area contributed by atoms with Crippen LogP contribution in [0.1, 0.15) is 25.3 Å². The van der Waals surface area contributed by atoms with Crippen molar-refractivity contribution in [3.8, 4) is 22.6 Å². The Balaban J connectivity index is 1.74. The maximum Gasteiger partial charge on any atom is 0.226 e. The fourth-order valence-electron chi connectivity index (χ4n) is 2.97. The largest absolute Gasteiger partial charge is 0.441 e. The zero-order chi connectivity index (χ0) is 20.3. The van der Waals surface area contributed by atoms with E-state index in [1.54, 1.807) is 6.26 Å². The van der Waals surface area contributed by atoms with Gasteiger partial charge in [0, 0.05) is 46.5 Å². The van der Waals surface area contributed by atoms with Gasteiger partial charge in [0.05, 0.1) is 5.69 Å². The Labute approximate surface area is 170 Å². The lowest BCUT2D eigenvalue weighted by Crippen LogP contribution is -2.28. The van der Waals surface area contributed by atoms with Gasteiger partial charge in [-0.05, 0) is 63.2 Å². The Morgan fingerprint density at radius 1 is 1.00 bits per heavy atom. The Kier molecular flexibility index (Phi) is 6.47. The van der Waals surface area contributed by atoms with E-state index in [-0.39, 0.29) is 0 Å². The van der Waals surface area contributed by atoms with Gasteiger partial charge in [-0.3, -0.25) is 4.21 Å². The first-order valence-electron chi connectivity index (χ1n) is 9.56. The highest BCUT2D eigenvalue weighted by molar-refractivity contribution is 7.84. The summed E-state index contributed by atoms with van der Waals surface area (Å²) in [6.45, 7) is 7.33. The number of aromatic nitrogens is 1. The van der Waals surface area contributed by atoms with Crippen LogP contribution in [-0.2, 0) is 17.2 Å². The van der Waals surface area contributed by atoms with Crippen LogP contribution in [0.5, 0.6) is 0 Å². The van der Waals surface area contributed by atoms with Gasteiger partial charge in [0.15, 0.2) is 0 Å². The van der Waals surface area contributed by atoms with Crippen LogP contribution in [0.15, 0.2) is 57.8 Å². The minimum atomic E-state index is -0.954. The van der Waals surface area contributed by atoms with E-state index < -0.39 is 10.8 Å². The van der Waals surface area contributed by atoms with E-state index in [1.807, 2.05) is 43.3 Å². The van der Waals surface area contributed by atoms with Crippen molar-refractivity contribution in [1.82, 2.24) is 9.88 Å². The zero-order valence-electron chi connectivity index (χ0n) is 17.2. The summed E-state index contributed by atoms with van der Waals surface area (Å²) < 4.78 is 17.4. The fourth-order valence-corrected chi connectivity index (χ4v) is 3.49. The molecule has 0 radical (unpaired) electrons. The number of rotatable bonds is 7. The highest BCUT2D eigenvalue weighted by Crippen LogP contribution is 2.26. The molecule has 4 nitrogen and oxygen atoms in total. The van der Waals surface area contributed by atoms with E-state index in [0.717, 1.165) is 46.0 Å². The maximum absolute atomic E-state index is 11.5. The van der Waals surface area contributed by atoms with Crippen LogP contribution < -0.4 is 0 Å². The van der Waals surface area contributed by atoms with Crippen LogP contribution in [0, 0.1) is 6.92 Å². The molecule has 0 amide bonds. The molecule has 148 valence electrons. The van der Waals surface area contributed by atoms with Gasteiger partial charge in [0.1, 0.15) is 5.76 Å². The van der Waals surface area contributed by atoms with Gasteiger partial charge in [-0.25, -0.2) is 4.98 Å². The van der Waals surface area contributed by atoms with Crippen molar-refractivity contribution in [2.75, 3.05) is 19.8 Å². The smallest absolute Gasteiger partial charge is 0.226 e. The molecule has 5 heteroatoms. The van der Waals surface area contributed by atoms with E-state index >= 15 is 0 Å². The summed E-state index contributed by atoms with van der Waals surface area (Å²) in [5, 5.41) is 0. The number of aryl methyl sites for hydroxylation is 1. The van der Waals surface area contributed by atoms with E-state index in [4.69, 9.17) is 9.40 Å². The molecule has 1 atom stereocenters. The lowest BCUT2D eigenvalue weighted by Gasteiger charge is -2.20. The molecule has 0 N–H and O–H groups in total. The SMILES string of the molecule is Cc1oc(-c2ccc(-c3ccc(S(C)=O)cc3)cc2)nc1CCN(C)C(C)C. The van der Waals surface area contributed by atoms with E-state index in [2.05, 4.69) is 37.9 Å². The fraction of sp³-hybridized carbons (Fsp3) is 0.348. The number of likely N-dealkylation sites (N-methyl/N-ethyl adjacent to an activating group) is 1. The minimum absolute atomic E-state index is 0.519. The summed E-state index contributed by atoms with van der Waals surface area (Å²) in [4.78, 5) is 7.86. The molecule has 1 aromatic heterocycles. The molecule has 0 saturated heterocycles. The van der Waals surface area contributed by atoms with Crippen LogP contribution >= 0.6 is 0 Å². The summed E-state index contributed by atoms with van der Waals surface area (Å²) in [7, 11) is 1.18. The Bertz CT molecular complexity index is 944. The average molecular weight is 397 g/mol. The highest BCUT2D eigenvalue weighted by Gasteiger charge is 2.13. The molecule has 0 saturated carbocycles. The highest BCUT2D eigenvalue weighted by atomic mass is 32.2. The molecule has 0 aliphatic heterocycles. The quantitative estimate of drug-likeness (QED) is 0.568. The van der Waals surface area contributed by atoms with Crippen LogP contribution in [0.3, 0.4) is 0 Å². The van der Waals surface area contributed by atoms with Gasteiger partial charge in [-0.1, -0.05) is 24.3 Å². The van der Waals surface area contributed by atoms with Crippen molar-refractivity contribution in [3.05, 3.63) is 60.0 Å². The van der Waals surface area contributed by atoms with E-state index in [0.29, 0.717) is 11.9 Å². The summed E-state index contributed by atoms with van der Waals surface area (Å²) in [5.74, 6) is 1.56. The van der Waals surface area contributed by atoms with Gasteiger partial charge in [-0.2, -0.15) is 0 Å². The number of nitrogens with zero attached hydrogens (tertiary/aromatic N) is 2. The molecular formula is C23H28N2O2S. The Morgan fingerprint density at radius 3 is 2.07 bits per heavy atom. The number of benzene rings is 2. The Morgan fingerprint density at radius 2 is 1.54 bits per heavy atom. The minimum Gasteiger partial charge on any atom is -0.441 e. The molecule has 0 spiro atoms. The molecular weight excluding hydrogens is 368 g/mol. The predicted octanol–water partition coefficient (Wildman–Crippen LogP) is 4.94. The average Bonchev–Trinajstić information content (AvgIpc) is 3.07. The van der Waals surface area contributed by atoms with Gasteiger partial charge in [-0.15, -0.1) is 0 Å². The first kappa shape index (κ1) is 20.5. The third-order valence-corrected chi connectivity index (χ3v) is 6.06. The summed E-state index contributed by atoms with van der Waals surface area (Å²) in [5.41, 5.74) is 4.21. The molecule has 28 heavy (non-hydrogen) atoms. The first-order chi connectivity index (χ1) is 13.3. The van der Waals surface area contributed by atoms with Crippen molar-refractivity contribution in [3.63, 3.8) is 0 Å². The van der Waals surface area contributed by atoms with Crippen molar-refractivity contribution < 1.29 is 8.63 Å². The number of oxazole rings is 1. The van der Waals surface area contributed by atoms with Crippen molar-refractivity contribution in [2.24, 2.45) is 0 Å². The van der Waals surface area contributed by atoms with Crippen LogP contribution in [0.4, 0.5) is 0 Å². The van der Waals surface area contributed by atoms with Crippen molar-refractivity contribution in [1.29, 1.82) is 0 Å². The van der Waals surface area contributed by atoms with Crippen molar-refractivity contribution in [2.45, 2.75) is 38.1 Å². The second kappa shape index (κ2) is 8.84. The van der Waals surface area contributed by atoms with E-state index in [9.17, 15) is 4.21 Å². The summed E-state index contributed by atoms with van der Waals surface area (Å²) >= 11 is 0. The molecule has 0 fully saturated rings. The lowest BCUT2D eigenvalue weighted by atomic mass is 10.0. The molecule has 3 aromatic rings. The van der Waals surface area contributed by atoms with Crippen molar-refractivity contribution >= 4 is 10.8 Å². The second-order valence-electron chi connectivity index (χ2n) is 7.40. The molecule has 0 aliphatic rings. The second-order valence-corrected chi connectivity index (χ2v) is 8.78. The Hall–Kier alpha value is -2.24. The van der Waals surface area contributed by atoms with Crippen LogP contribution in [0.25, 0.3) is 22.6 Å². The maximum atomic E-state index is 11.5. The third kappa shape index (κ3) is 4.78. The topological polar surface area (TPSA) is 46.3 Å². The normalized spacial score (nSPS) is 12.7. The van der Waals surface area contributed by atoms with Crippen LogP contribution in [-0.4, -0.2) is 40.0 Å². The van der Waals surface area contributed by atoms with Gasteiger partial charge in [0.2, 0.25) is 5.89 Å². The van der Waals surface area contributed by atoms with Crippen LogP contribution in [0.2, 0.25) is 0 Å². The number of hydrogen-bond donors (Lipinski definition) is 0. The van der Waals surface area contributed by atoms with Gasteiger partial charge in [0.25, 0.3) is 0 Å². The molecule has 2 aromatic carbocycles. The van der Waals surface area contributed by atoms with E-state index in [1.165, 1.54) is 0 Å². The monoisotopic (exact) mass is 396 g/mol. The molecule has 0 aliphatic carbocycles. The number of hydrogen-bond acceptors (Lipinski definition) is 4. The summed E-state index contributed by atoms with van der Waals surface area (Å²) in [6.07, 6.45) is 2.57. The van der Waals surface area contributed by atoms with Gasteiger partial charge < -0.3 is 9.32 Å². The lowest BCUT2D eigenvalue weighted by molar-refractivity contribution is 0.276. The molecule has 1 heterocycles. The first-order valence-corrected chi connectivity index (χ1v) is 11.1. The zero-order valence-corrected chi connectivity index (χ0v) is 18.0. The molecule has 1 unspecified atom stereocenters.